The fourth-order valence-corrected chi connectivity index (χ4v) is 3.11. The van der Waals surface area contributed by atoms with Crippen molar-refractivity contribution in [2.24, 2.45) is 0 Å². The first-order valence-corrected chi connectivity index (χ1v) is 7.39. The average Bonchev–Trinajstić information content (AvgIpc) is 2.82. The molecule has 0 amide bonds. The third-order valence-corrected chi connectivity index (χ3v) is 4.83. The molecule has 0 aliphatic heterocycles. The Kier molecular flexibility index (Phi) is 3.38. The quantitative estimate of drug-likeness (QED) is 0.662. The second kappa shape index (κ2) is 5.03. The summed E-state index contributed by atoms with van der Waals surface area (Å²) >= 11 is 10.5. The van der Waals surface area contributed by atoms with Crippen molar-refractivity contribution < 1.29 is 0 Å². The van der Waals surface area contributed by atoms with Gasteiger partial charge in [-0.15, -0.1) is 11.3 Å². The Morgan fingerprint density at radius 3 is 2.95 bits per heavy atom. The van der Waals surface area contributed by atoms with Gasteiger partial charge in [-0.3, -0.25) is 9.36 Å². The number of hydrogen-bond donors (Lipinski definition) is 0. The lowest BCUT2D eigenvalue weighted by Gasteiger charge is -2.03. The van der Waals surface area contributed by atoms with Crippen LogP contribution in [0.3, 0.4) is 0 Å². The summed E-state index contributed by atoms with van der Waals surface area (Å²) in [7, 11) is 0. The fraction of sp³-hybridized carbons (Fsp3) is 0.0833. The van der Waals surface area contributed by atoms with Gasteiger partial charge in [0.25, 0.3) is 5.56 Å². The summed E-state index contributed by atoms with van der Waals surface area (Å²) in [5.74, 6) is 0. The highest BCUT2D eigenvalue weighted by Crippen LogP contribution is 2.22. The van der Waals surface area contributed by atoms with Crippen LogP contribution in [0.15, 0.2) is 39.9 Å². The van der Waals surface area contributed by atoms with Gasteiger partial charge in [0, 0.05) is 0 Å². The van der Waals surface area contributed by atoms with Gasteiger partial charge in [0.15, 0.2) is 5.15 Å². The van der Waals surface area contributed by atoms with Crippen molar-refractivity contribution in [3.8, 4) is 0 Å². The highest BCUT2D eigenvalue weighted by molar-refractivity contribution is 9.10. The van der Waals surface area contributed by atoms with E-state index >= 15 is 0 Å². The van der Waals surface area contributed by atoms with Crippen LogP contribution < -0.4 is 5.56 Å². The van der Waals surface area contributed by atoms with Crippen LogP contribution >= 0.6 is 38.9 Å². The van der Waals surface area contributed by atoms with E-state index in [0.29, 0.717) is 6.54 Å². The molecule has 0 radical (unpaired) electrons. The van der Waals surface area contributed by atoms with Crippen molar-refractivity contribution in [3.05, 3.63) is 55.6 Å². The Labute approximate surface area is 125 Å². The second-order valence-electron chi connectivity index (χ2n) is 3.86. The average molecular weight is 357 g/mol. The molecule has 7 heteroatoms. The summed E-state index contributed by atoms with van der Waals surface area (Å²) in [6, 6.07) is 7.87. The number of thiazole rings is 1. The number of para-hydroxylation sites is 1. The first-order valence-electron chi connectivity index (χ1n) is 5.40. The molecular weight excluding hydrogens is 350 g/mol. The largest absolute Gasteiger partial charge is 0.291 e. The number of hydrogen-bond acceptors (Lipinski definition) is 4. The molecule has 0 aliphatic rings. The van der Waals surface area contributed by atoms with E-state index in [4.69, 9.17) is 11.6 Å². The van der Waals surface area contributed by atoms with E-state index < -0.39 is 0 Å². The van der Waals surface area contributed by atoms with Gasteiger partial charge in [0.1, 0.15) is 9.48 Å². The number of fused-ring (bicyclic) bond motifs is 1. The molecule has 0 saturated carbocycles. The van der Waals surface area contributed by atoms with Crippen LogP contribution in [0.1, 0.15) is 5.01 Å². The molecule has 0 saturated heterocycles. The molecule has 0 unspecified atom stereocenters. The first kappa shape index (κ1) is 12.8. The van der Waals surface area contributed by atoms with Gasteiger partial charge in [-0.2, -0.15) is 0 Å². The molecule has 0 spiro atoms. The monoisotopic (exact) mass is 355 g/mol. The fourth-order valence-electron chi connectivity index (χ4n) is 1.69. The predicted molar refractivity (Wildman–Crippen MR) is 79.9 cm³/mol. The van der Waals surface area contributed by atoms with Crippen LogP contribution in [0.5, 0.6) is 0 Å². The molecule has 96 valence electrons. The predicted octanol–water partition coefficient (Wildman–Crippen LogP) is 3.32. The molecule has 4 nitrogen and oxygen atoms in total. The summed E-state index contributed by atoms with van der Waals surface area (Å²) in [4.78, 5) is 20.4. The van der Waals surface area contributed by atoms with Crippen molar-refractivity contribution in [1.29, 1.82) is 0 Å². The van der Waals surface area contributed by atoms with Crippen LogP contribution in [0, 0.1) is 0 Å². The van der Waals surface area contributed by atoms with Crippen molar-refractivity contribution in [1.82, 2.24) is 14.5 Å². The molecule has 0 atom stereocenters. The zero-order valence-corrected chi connectivity index (χ0v) is 12.7. The first-order chi connectivity index (χ1) is 9.15. The van der Waals surface area contributed by atoms with E-state index in [1.54, 1.807) is 11.3 Å². The number of rotatable bonds is 2. The lowest BCUT2D eigenvalue weighted by molar-refractivity contribution is 0.728. The summed E-state index contributed by atoms with van der Waals surface area (Å²) in [5, 5.41) is 1.03. The molecular formula is C12H7BrClN3OS. The summed E-state index contributed by atoms with van der Waals surface area (Å²) in [6.07, 6.45) is 1.43. The lowest BCUT2D eigenvalue weighted by atomic mass is 10.3. The number of nitrogens with zero attached hydrogens (tertiary/aromatic N) is 3. The minimum absolute atomic E-state index is 0.172. The molecule has 19 heavy (non-hydrogen) atoms. The highest BCUT2D eigenvalue weighted by atomic mass is 79.9. The van der Waals surface area contributed by atoms with Crippen molar-refractivity contribution in [2.45, 2.75) is 6.54 Å². The molecule has 2 heterocycles. The normalized spacial score (nSPS) is 11.1. The standard InChI is InChI=1S/C12H7BrClN3OS/c13-10-11(14)15-6-17(12(10)18)5-9-16-7-3-1-2-4-8(7)19-9/h1-4,6H,5H2. The SMILES string of the molecule is O=c1c(Br)c(Cl)ncn1Cc1nc2ccccc2s1. The van der Waals surface area contributed by atoms with E-state index in [9.17, 15) is 4.79 Å². The van der Waals surface area contributed by atoms with Crippen LogP contribution in [-0.2, 0) is 6.54 Å². The minimum atomic E-state index is -0.209. The van der Waals surface area contributed by atoms with Gasteiger partial charge in [0.05, 0.1) is 23.1 Å². The smallest absolute Gasteiger partial charge is 0.269 e. The Bertz CT molecular complexity index is 781. The molecule has 3 rings (SSSR count). The zero-order chi connectivity index (χ0) is 13.4. The molecule has 0 aliphatic carbocycles. The molecule has 1 aromatic carbocycles. The topological polar surface area (TPSA) is 47.8 Å². The molecule has 3 aromatic rings. The van der Waals surface area contributed by atoms with Gasteiger partial charge < -0.3 is 0 Å². The maximum Gasteiger partial charge on any atom is 0.269 e. The second-order valence-corrected chi connectivity index (χ2v) is 6.12. The van der Waals surface area contributed by atoms with Gasteiger partial charge in [0.2, 0.25) is 0 Å². The van der Waals surface area contributed by atoms with Crippen LogP contribution in [0.4, 0.5) is 0 Å². The molecule has 2 aromatic heterocycles. The minimum Gasteiger partial charge on any atom is -0.291 e. The van der Waals surface area contributed by atoms with Crippen LogP contribution in [-0.4, -0.2) is 14.5 Å². The Morgan fingerprint density at radius 1 is 1.37 bits per heavy atom. The van der Waals surface area contributed by atoms with Gasteiger partial charge in [-0.25, -0.2) is 9.97 Å². The van der Waals surface area contributed by atoms with Crippen molar-refractivity contribution in [2.75, 3.05) is 0 Å². The van der Waals surface area contributed by atoms with Gasteiger partial charge >= 0.3 is 0 Å². The molecule has 0 N–H and O–H groups in total. The van der Waals surface area contributed by atoms with E-state index in [1.165, 1.54) is 10.9 Å². The molecule has 0 bridgehead atoms. The number of aromatic nitrogens is 3. The van der Waals surface area contributed by atoms with Crippen LogP contribution in [0.25, 0.3) is 10.2 Å². The third kappa shape index (κ3) is 2.43. The maximum absolute atomic E-state index is 12.0. The summed E-state index contributed by atoms with van der Waals surface area (Å²) in [6.45, 7) is 0.390. The lowest BCUT2D eigenvalue weighted by Crippen LogP contribution is -2.21. The van der Waals surface area contributed by atoms with Gasteiger partial charge in [-0.05, 0) is 28.1 Å². The Hall–Kier alpha value is -1.24. The summed E-state index contributed by atoms with van der Waals surface area (Å²) in [5.41, 5.74) is 0.732. The summed E-state index contributed by atoms with van der Waals surface area (Å²) < 4.78 is 2.86. The Morgan fingerprint density at radius 2 is 2.16 bits per heavy atom. The van der Waals surface area contributed by atoms with Crippen LogP contribution in [0.2, 0.25) is 5.15 Å². The highest BCUT2D eigenvalue weighted by Gasteiger charge is 2.09. The molecule has 0 fully saturated rings. The third-order valence-electron chi connectivity index (χ3n) is 2.58. The zero-order valence-electron chi connectivity index (χ0n) is 9.51. The van der Waals surface area contributed by atoms with E-state index in [-0.39, 0.29) is 15.2 Å². The maximum atomic E-state index is 12.0. The van der Waals surface area contributed by atoms with E-state index in [2.05, 4.69) is 25.9 Å². The number of benzene rings is 1. The van der Waals surface area contributed by atoms with Crippen molar-refractivity contribution >= 4 is 49.1 Å². The van der Waals surface area contributed by atoms with E-state index in [1.807, 2.05) is 24.3 Å². The van der Waals surface area contributed by atoms with Gasteiger partial charge in [-0.1, -0.05) is 23.7 Å². The number of halogens is 2. The van der Waals surface area contributed by atoms with E-state index in [0.717, 1.165) is 15.2 Å². The Balaban J connectivity index is 2.01. The van der Waals surface area contributed by atoms with Crippen molar-refractivity contribution in [3.63, 3.8) is 0 Å².